The van der Waals surface area contributed by atoms with Gasteiger partial charge in [-0.1, -0.05) is 13.0 Å². The molecule has 1 N–H and O–H groups in total. The van der Waals surface area contributed by atoms with Gasteiger partial charge in [-0.2, -0.15) is 0 Å². The third kappa shape index (κ3) is 2.97. The maximum atomic E-state index is 13.5. The van der Waals surface area contributed by atoms with E-state index >= 15 is 0 Å². The van der Waals surface area contributed by atoms with Crippen LogP contribution in [0.15, 0.2) is 18.2 Å². The predicted molar refractivity (Wildman–Crippen MR) is 70.0 cm³/mol. The van der Waals surface area contributed by atoms with Crippen molar-refractivity contribution in [2.75, 3.05) is 24.5 Å². The first-order chi connectivity index (χ1) is 8.20. The van der Waals surface area contributed by atoms with Crippen molar-refractivity contribution in [3.63, 3.8) is 0 Å². The van der Waals surface area contributed by atoms with Crippen LogP contribution >= 0.6 is 0 Å². The molecule has 1 fully saturated rings. The van der Waals surface area contributed by atoms with Gasteiger partial charge in [0, 0.05) is 24.8 Å². The van der Waals surface area contributed by atoms with Crippen LogP contribution in [0.4, 0.5) is 10.1 Å². The van der Waals surface area contributed by atoms with E-state index in [0.29, 0.717) is 6.04 Å². The molecule has 2 nitrogen and oxygen atoms in total. The summed E-state index contributed by atoms with van der Waals surface area (Å²) in [5.41, 5.74) is 1.74. The summed E-state index contributed by atoms with van der Waals surface area (Å²) < 4.78 is 13.5. The minimum Gasteiger partial charge on any atom is -0.371 e. The van der Waals surface area contributed by atoms with Crippen molar-refractivity contribution >= 4 is 5.69 Å². The number of aryl methyl sites for hydroxylation is 1. The van der Waals surface area contributed by atoms with Gasteiger partial charge in [-0.05, 0) is 44.0 Å². The standard InChI is InChI=1S/C14H21FN2/c1-3-16-12-6-8-17(9-7-12)13-5-4-11(2)14(15)10-13/h4-5,10,12,16H,3,6-9H2,1-2H3. The van der Waals surface area contributed by atoms with Crippen LogP contribution in [0.25, 0.3) is 0 Å². The van der Waals surface area contributed by atoms with Crippen molar-refractivity contribution in [3.8, 4) is 0 Å². The number of rotatable bonds is 3. The Morgan fingerprint density at radius 2 is 2.06 bits per heavy atom. The van der Waals surface area contributed by atoms with E-state index in [-0.39, 0.29) is 5.82 Å². The molecule has 0 unspecified atom stereocenters. The van der Waals surface area contributed by atoms with Gasteiger partial charge in [-0.25, -0.2) is 4.39 Å². The maximum Gasteiger partial charge on any atom is 0.128 e. The van der Waals surface area contributed by atoms with Gasteiger partial charge in [0.15, 0.2) is 0 Å². The normalized spacial score (nSPS) is 17.5. The number of anilines is 1. The fourth-order valence-corrected chi connectivity index (χ4v) is 2.41. The summed E-state index contributed by atoms with van der Waals surface area (Å²) in [5.74, 6) is -0.101. The fraction of sp³-hybridized carbons (Fsp3) is 0.571. The summed E-state index contributed by atoms with van der Waals surface area (Å²) >= 11 is 0. The van der Waals surface area contributed by atoms with Crippen LogP contribution in [-0.4, -0.2) is 25.7 Å². The molecule has 0 aromatic heterocycles. The second-order valence-electron chi connectivity index (χ2n) is 4.75. The average Bonchev–Trinajstić information content (AvgIpc) is 2.34. The van der Waals surface area contributed by atoms with Gasteiger partial charge in [0.1, 0.15) is 5.82 Å². The highest BCUT2D eigenvalue weighted by molar-refractivity contribution is 5.48. The van der Waals surface area contributed by atoms with Crippen LogP contribution in [0.1, 0.15) is 25.3 Å². The number of benzene rings is 1. The highest BCUT2D eigenvalue weighted by Gasteiger charge is 2.18. The van der Waals surface area contributed by atoms with Crippen molar-refractivity contribution in [1.82, 2.24) is 5.32 Å². The van der Waals surface area contributed by atoms with E-state index in [1.54, 1.807) is 13.0 Å². The Morgan fingerprint density at radius 3 is 2.65 bits per heavy atom. The van der Waals surface area contributed by atoms with Gasteiger partial charge in [-0.15, -0.1) is 0 Å². The Morgan fingerprint density at radius 1 is 1.35 bits per heavy atom. The van der Waals surface area contributed by atoms with E-state index in [4.69, 9.17) is 0 Å². The molecule has 0 radical (unpaired) electrons. The molecule has 1 heterocycles. The maximum absolute atomic E-state index is 13.5. The number of nitrogens with zero attached hydrogens (tertiary/aromatic N) is 1. The molecule has 2 rings (SSSR count). The molecular weight excluding hydrogens is 215 g/mol. The molecular formula is C14H21FN2. The molecule has 1 aliphatic rings. The Balaban J connectivity index is 1.98. The minimum absolute atomic E-state index is 0.101. The molecule has 0 spiro atoms. The van der Waals surface area contributed by atoms with E-state index < -0.39 is 0 Å². The van der Waals surface area contributed by atoms with Crippen LogP contribution in [0.3, 0.4) is 0 Å². The SMILES string of the molecule is CCNC1CCN(c2ccc(C)c(F)c2)CC1. The molecule has 0 atom stereocenters. The lowest BCUT2D eigenvalue weighted by Gasteiger charge is -2.34. The zero-order chi connectivity index (χ0) is 12.3. The first kappa shape index (κ1) is 12.4. The molecule has 1 aliphatic heterocycles. The molecule has 17 heavy (non-hydrogen) atoms. The zero-order valence-electron chi connectivity index (χ0n) is 10.7. The van der Waals surface area contributed by atoms with Gasteiger partial charge in [-0.3, -0.25) is 0 Å². The number of hydrogen-bond acceptors (Lipinski definition) is 2. The smallest absolute Gasteiger partial charge is 0.128 e. The largest absolute Gasteiger partial charge is 0.371 e. The summed E-state index contributed by atoms with van der Waals surface area (Å²) in [6, 6.07) is 6.17. The van der Waals surface area contributed by atoms with E-state index in [9.17, 15) is 4.39 Å². The van der Waals surface area contributed by atoms with Crippen molar-refractivity contribution in [2.24, 2.45) is 0 Å². The van der Waals surface area contributed by atoms with Gasteiger partial charge >= 0.3 is 0 Å². The van der Waals surface area contributed by atoms with Crippen molar-refractivity contribution in [2.45, 2.75) is 32.7 Å². The second kappa shape index (κ2) is 5.50. The summed E-state index contributed by atoms with van der Waals surface area (Å²) in [7, 11) is 0. The third-order valence-electron chi connectivity index (χ3n) is 3.51. The first-order valence-corrected chi connectivity index (χ1v) is 6.45. The highest BCUT2D eigenvalue weighted by atomic mass is 19.1. The number of nitrogens with one attached hydrogen (secondary N) is 1. The fourth-order valence-electron chi connectivity index (χ4n) is 2.41. The minimum atomic E-state index is -0.101. The van der Waals surface area contributed by atoms with Crippen molar-refractivity contribution < 1.29 is 4.39 Å². The summed E-state index contributed by atoms with van der Waals surface area (Å²) in [5, 5.41) is 3.48. The van der Waals surface area contributed by atoms with E-state index in [2.05, 4.69) is 17.1 Å². The molecule has 0 amide bonds. The van der Waals surface area contributed by atoms with Crippen LogP contribution < -0.4 is 10.2 Å². The lowest BCUT2D eigenvalue weighted by molar-refractivity contribution is 0.423. The summed E-state index contributed by atoms with van der Waals surface area (Å²) in [6.45, 7) is 7.00. The zero-order valence-corrected chi connectivity index (χ0v) is 10.7. The summed E-state index contributed by atoms with van der Waals surface area (Å²) in [6.07, 6.45) is 2.28. The molecule has 0 bridgehead atoms. The van der Waals surface area contributed by atoms with Gasteiger partial charge in [0.2, 0.25) is 0 Å². The number of halogens is 1. The molecule has 0 saturated carbocycles. The topological polar surface area (TPSA) is 15.3 Å². The monoisotopic (exact) mass is 236 g/mol. The van der Waals surface area contributed by atoms with Crippen molar-refractivity contribution in [3.05, 3.63) is 29.6 Å². The quantitative estimate of drug-likeness (QED) is 0.868. The highest BCUT2D eigenvalue weighted by Crippen LogP contribution is 2.22. The Bertz CT molecular complexity index is 370. The van der Waals surface area contributed by atoms with E-state index in [1.807, 2.05) is 12.1 Å². The molecule has 1 aromatic rings. The Kier molecular flexibility index (Phi) is 4.00. The van der Waals surface area contributed by atoms with Crippen molar-refractivity contribution in [1.29, 1.82) is 0 Å². The molecule has 1 saturated heterocycles. The molecule has 1 aromatic carbocycles. The lowest BCUT2D eigenvalue weighted by Crippen LogP contribution is -2.42. The van der Waals surface area contributed by atoms with Crippen LogP contribution in [0.2, 0.25) is 0 Å². The number of hydrogen-bond donors (Lipinski definition) is 1. The third-order valence-corrected chi connectivity index (χ3v) is 3.51. The second-order valence-corrected chi connectivity index (χ2v) is 4.75. The molecule has 94 valence electrons. The van der Waals surface area contributed by atoms with Gasteiger partial charge < -0.3 is 10.2 Å². The lowest BCUT2D eigenvalue weighted by atomic mass is 10.0. The van der Waals surface area contributed by atoms with Gasteiger partial charge in [0.25, 0.3) is 0 Å². The average molecular weight is 236 g/mol. The van der Waals surface area contributed by atoms with E-state index in [1.165, 1.54) is 0 Å². The molecule has 0 aliphatic carbocycles. The van der Waals surface area contributed by atoms with Crippen LogP contribution in [-0.2, 0) is 0 Å². The van der Waals surface area contributed by atoms with Gasteiger partial charge in [0.05, 0.1) is 0 Å². The molecule has 3 heteroatoms. The Hall–Kier alpha value is -1.09. The first-order valence-electron chi connectivity index (χ1n) is 6.45. The summed E-state index contributed by atoms with van der Waals surface area (Å²) in [4.78, 5) is 2.27. The van der Waals surface area contributed by atoms with E-state index in [0.717, 1.165) is 43.7 Å². The Labute approximate surface area is 103 Å². The predicted octanol–water partition coefficient (Wildman–Crippen LogP) is 2.71. The van der Waals surface area contributed by atoms with Crippen LogP contribution in [0.5, 0.6) is 0 Å². The van der Waals surface area contributed by atoms with Crippen LogP contribution in [0, 0.1) is 12.7 Å². The number of piperidine rings is 1.